The van der Waals surface area contributed by atoms with E-state index in [-0.39, 0.29) is 5.92 Å². The third-order valence-corrected chi connectivity index (χ3v) is 4.27. The molecular weight excluding hydrogens is 212 g/mol. The van der Waals surface area contributed by atoms with Crippen molar-refractivity contribution in [1.29, 1.82) is 0 Å². The zero-order chi connectivity index (χ0) is 12.3. The number of nitrogens with zero attached hydrogens (tertiary/aromatic N) is 1. The monoisotopic (exact) mass is 238 g/mol. The van der Waals surface area contributed by atoms with Crippen LogP contribution in [0.25, 0.3) is 0 Å². The molecule has 2 saturated heterocycles. The number of carbonyl (C=O) groups is 1. The van der Waals surface area contributed by atoms with Crippen LogP contribution in [-0.4, -0.2) is 36.5 Å². The summed E-state index contributed by atoms with van der Waals surface area (Å²) in [4.78, 5) is 14.5. The fraction of sp³-hybridized carbons (Fsp3) is 0.929. The van der Waals surface area contributed by atoms with E-state index in [4.69, 9.17) is 0 Å². The second-order valence-corrected chi connectivity index (χ2v) is 5.80. The van der Waals surface area contributed by atoms with E-state index in [0.29, 0.717) is 11.9 Å². The lowest BCUT2D eigenvalue weighted by Gasteiger charge is -2.30. The van der Waals surface area contributed by atoms with Gasteiger partial charge in [0.1, 0.15) is 0 Å². The summed E-state index contributed by atoms with van der Waals surface area (Å²) >= 11 is 0. The van der Waals surface area contributed by atoms with E-state index in [1.165, 1.54) is 19.3 Å². The first-order chi connectivity index (χ1) is 8.20. The third kappa shape index (κ3) is 3.21. The van der Waals surface area contributed by atoms with Crippen molar-refractivity contribution < 1.29 is 4.79 Å². The van der Waals surface area contributed by atoms with Crippen LogP contribution in [0.5, 0.6) is 0 Å². The van der Waals surface area contributed by atoms with Gasteiger partial charge in [-0.25, -0.2) is 0 Å². The number of nitrogens with one attached hydrogen (secondary N) is 1. The molecule has 0 aromatic carbocycles. The molecule has 3 nitrogen and oxygen atoms in total. The average Bonchev–Trinajstić information content (AvgIpc) is 2.77. The van der Waals surface area contributed by atoms with E-state index in [9.17, 15) is 4.79 Å². The topological polar surface area (TPSA) is 32.3 Å². The van der Waals surface area contributed by atoms with E-state index in [0.717, 1.165) is 38.4 Å². The number of carbonyl (C=O) groups excluding carboxylic acids is 1. The van der Waals surface area contributed by atoms with Gasteiger partial charge in [-0.05, 0) is 45.1 Å². The van der Waals surface area contributed by atoms with Crippen LogP contribution in [0.3, 0.4) is 0 Å². The first-order valence-electron chi connectivity index (χ1n) is 7.23. The van der Waals surface area contributed by atoms with Crippen LogP contribution in [0.1, 0.15) is 46.0 Å². The first-order valence-corrected chi connectivity index (χ1v) is 7.23. The van der Waals surface area contributed by atoms with Gasteiger partial charge in [-0.2, -0.15) is 0 Å². The molecule has 2 rings (SSSR count). The first kappa shape index (κ1) is 12.9. The van der Waals surface area contributed by atoms with Crippen molar-refractivity contribution in [1.82, 2.24) is 10.2 Å². The molecule has 0 aliphatic carbocycles. The maximum absolute atomic E-state index is 12.4. The van der Waals surface area contributed by atoms with Crippen molar-refractivity contribution in [3.8, 4) is 0 Å². The molecule has 98 valence electrons. The normalized spacial score (nSPS) is 34.0. The zero-order valence-electron chi connectivity index (χ0n) is 11.2. The molecule has 2 aliphatic heterocycles. The van der Waals surface area contributed by atoms with Gasteiger partial charge in [0.05, 0.1) is 0 Å². The minimum Gasteiger partial charge on any atom is -0.342 e. The maximum Gasteiger partial charge on any atom is 0.225 e. The Balaban J connectivity index is 1.83. The van der Waals surface area contributed by atoms with Crippen molar-refractivity contribution in [3.05, 3.63) is 0 Å². The zero-order valence-corrected chi connectivity index (χ0v) is 11.2. The Morgan fingerprint density at radius 1 is 1.41 bits per heavy atom. The number of likely N-dealkylation sites (tertiary alicyclic amines) is 1. The molecule has 2 heterocycles. The van der Waals surface area contributed by atoms with Crippen molar-refractivity contribution >= 4 is 5.91 Å². The Bertz CT molecular complexity index is 267. The van der Waals surface area contributed by atoms with Crippen LogP contribution in [0.15, 0.2) is 0 Å². The molecule has 3 atom stereocenters. The molecule has 0 aromatic heterocycles. The molecule has 3 unspecified atom stereocenters. The van der Waals surface area contributed by atoms with Crippen LogP contribution >= 0.6 is 0 Å². The van der Waals surface area contributed by atoms with E-state index < -0.39 is 0 Å². The van der Waals surface area contributed by atoms with Gasteiger partial charge in [0.2, 0.25) is 5.91 Å². The SMILES string of the molecule is CCCC1CCN(C(=O)C2CCNC(C)C2)C1. The van der Waals surface area contributed by atoms with Gasteiger partial charge in [0.15, 0.2) is 0 Å². The van der Waals surface area contributed by atoms with Crippen molar-refractivity contribution in [3.63, 3.8) is 0 Å². The Kier molecular flexibility index (Phi) is 4.43. The second kappa shape index (κ2) is 5.85. The number of rotatable bonds is 3. The highest BCUT2D eigenvalue weighted by Crippen LogP contribution is 2.25. The largest absolute Gasteiger partial charge is 0.342 e. The highest BCUT2D eigenvalue weighted by atomic mass is 16.2. The minimum absolute atomic E-state index is 0.284. The molecule has 2 aliphatic rings. The van der Waals surface area contributed by atoms with Gasteiger partial charge >= 0.3 is 0 Å². The summed E-state index contributed by atoms with van der Waals surface area (Å²) in [6, 6.07) is 0.506. The highest BCUT2D eigenvalue weighted by Gasteiger charge is 2.32. The number of amides is 1. The van der Waals surface area contributed by atoms with E-state index >= 15 is 0 Å². The van der Waals surface area contributed by atoms with E-state index in [1.54, 1.807) is 0 Å². The van der Waals surface area contributed by atoms with Crippen molar-refractivity contribution in [2.45, 2.75) is 52.0 Å². The molecule has 2 fully saturated rings. The summed E-state index contributed by atoms with van der Waals surface area (Å²) in [5.74, 6) is 1.48. The standard InChI is InChI=1S/C14H26N2O/c1-3-4-12-6-8-16(10-12)14(17)13-5-7-15-11(2)9-13/h11-13,15H,3-10H2,1-2H3. The fourth-order valence-corrected chi connectivity index (χ4v) is 3.29. The predicted octanol–water partition coefficient (Wildman–Crippen LogP) is 2.02. The molecule has 0 bridgehead atoms. The minimum atomic E-state index is 0.284. The Morgan fingerprint density at radius 2 is 2.24 bits per heavy atom. The van der Waals surface area contributed by atoms with Gasteiger partial charge < -0.3 is 10.2 Å². The Hall–Kier alpha value is -0.570. The number of hydrogen-bond acceptors (Lipinski definition) is 2. The molecule has 0 radical (unpaired) electrons. The van der Waals surface area contributed by atoms with Gasteiger partial charge in [0, 0.05) is 25.0 Å². The summed E-state index contributed by atoms with van der Waals surface area (Å²) in [5, 5.41) is 3.42. The molecule has 0 saturated carbocycles. The van der Waals surface area contributed by atoms with Crippen LogP contribution in [0.2, 0.25) is 0 Å². The van der Waals surface area contributed by atoms with Crippen LogP contribution in [-0.2, 0) is 4.79 Å². The summed E-state index contributed by atoms with van der Waals surface area (Å²) in [7, 11) is 0. The quantitative estimate of drug-likeness (QED) is 0.816. The molecule has 3 heteroatoms. The lowest BCUT2D eigenvalue weighted by Crippen LogP contribution is -2.43. The van der Waals surface area contributed by atoms with Gasteiger partial charge in [-0.1, -0.05) is 13.3 Å². The summed E-state index contributed by atoms with van der Waals surface area (Å²) in [5.41, 5.74) is 0. The molecule has 17 heavy (non-hydrogen) atoms. The summed E-state index contributed by atoms with van der Waals surface area (Å²) in [6.07, 6.45) is 5.80. The lowest BCUT2D eigenvalue weighted by atomic mass is 9.92. The fourth-order valence-electron chi connectivity index (χ4n) is 3.29. The predicted molar refractivity (Wildman–Crippen MR) is 69.8 cm³/mol. The summed E-state index contributed by atoms with van der Waals surface area (Å²) < 4.78 is 0. The van der Waals surface area contributed by atoms with Crippen LogP contribution < -0.4 is 5.32 Å². The Labute approximate surface area is 105 Å². The smallest absolute Gasteiger partial charge is 0.225 e. The molecular formula is C14H26N2O. The average molecular weight is 238 g/mol. The van der Waals surface area contributed by atoms with Gasteiger partial charge in [-0.15, -0.1) is 0 Å². The number of piperidine rings is 1. The highest BCUT2D eigenvalue weighted by molar-refractivity contribution is 5.79. The molecule has 0 spiro atoms. The summed E-state index contributed by atoms with van der Waals surface area (Å²) in [6.45, 7) is 7.44. The second-order valence-electron chi connectivity index (χ2n) is 5.80. The van der Waals surface area contributed by atoms with E-state index in [2.05, 4.69) is 24.1 Å². The van der Waals surface area contributed by atoms with Crippen LogP contribution in [0.4, 0.5) is 0 Å². The van der Waals surface area contributed by atoms with Crippen molar-refractivity contribution in [2.75, 3.05) is 19.6 Å². The van der Waals surface area contributed by atoms with Crippen molar-refractivity contribution in [2.24, 2.45) is 11.8 Å². The van der Waals surface area contributed by atoms with Crippen LogP contribution in [0, 0.1) is 11.8 Å². The lowest BCUT2D eigenvalue weighted by molar-refractivity contribution is -0.135. The third-order valence-electron chi connectivity index (χ3n) is 4.27. The maximum atomic E-state index is 12.4. The molecule has 1 amide bonds. The van der Waals surface area contributed by atoms with Gasteiger partial charge in [-0.3, -0.25) is 4.79 Å². The van der Waals surface area contributed by atoms with E-state index in [1.807, 2.05) is 0 Å². The Morgan fingerprint density at radius 3 is 2.94 bits per heavy atom. The molecule has 0 aromatic rings. The number of hydrogen-bond donors (Lipinski definition) is 1. The van der Waals surface area contributed by atoms with Gasteiger partial charge in [0.25, 0.3) is 0 Å². The molecule has 1 N–H and O–H groups in total.